The first kappa shape index (κ1) is 20.5. The third kappa shape index (κ3) is 4.98. The second kappa shape index (κ2) is 9.31. The molecule has 1 saturated heterocycles. The standard InChI is InChI=1S/C19H23N3O4S2/c23-18(20-11-10-15-6-2-1-3-7-15)19(24)21-14-16-8-4-12-22(16)28(25,26)17-9-5-13-27-17/h1-3,5-7,9,13,16H,4,8,10-12,14H2,(H,20,23)(H,21,24)/t16-/m1/s1. The molecule has 7 nitrogen and oxygen atoms in total. The molecular weight excluding hydrogens is 398 g/mol. The van der Waals surface area contributed by atoms with Crippen molar-refractivity contribution in [1.29, 1.82) is 0 Å². The van der Waals surface area contributed by atoms with Gasteiger partial charge >= 0.3 is 11.8 Å². The van der Waals surface area contributed by atoms with Crippen molar-refractivity contribution in [3.8, 4) is 0 Å². The molecule has 2 heterocycles. The third-order valence-corrected chi connectivity index (χ3v) is 7.95. The number of nitrogens with one attached hydrogen (secondary N) is 2. The summed E-state index contributed by atoms with van der Waals surface area (Å²) in [6.07, 6.45) is 2.02. The second-order valence-corrected chi connectivity index (χ2v) is 9.61. The van der Waals surface area contributed by atoms with Gasteiger partial charge in [0.2, 0.25) is 0 Å². The molecule has 1 aromatic heterocycles. The molecule has 2 N–H and O–H groups in total. The first-order valence-electron chi connectivity index (χ1n) is 9.14. The molecule has 1 aromatic carbocycles. The Kier molecular flexibility index (Phi) is 6.82. The zero-order valence-electron chi connectivity index (χ0n) is 15.3. The van der Waals surface area contributed by atoms with Crippen molar-refractivity contribution in [2.75, 3.05) is 19.6 Å². The number of sulfonamides is 1. The molecule has 150 valence electrons. The van der Waals surface area contributed by atoms with Crippen molar-refractivity contribution in [1.82, 2.24) is 14.9 Å². The number of thiophene rings is 1. The Hall–Kier alpha value is -2.23. The van der Waals surface area contributed by atoms with Crippen LogP contribution >= 0.6 is 11.3 Å². The Morgan fingerprint density at radius 1 is 1.07 bits per heavy atom. The van der Waals surface area contributed by atoms with Gasteiger partial charge in [-0.25, -0.2) is 8.42 Å². The van der Waals surface area contributed by atoms with Crippen molar-refractivity contribution in [2.45, 2.75) is 29.5 Å². The van der Waals surface area contributed by atoms with Crippen LogP contribution in [0.25, 0.3) is 0 Å². The van der Waals surface area contributed by atoms with Gasteiger partial charge in [0.1, 0.15) is 4.21 Å². The molecule has 9 heteroatoms. The van der Waals surface area contributed by atoms with Gasteiger partial charge in [0.25, 0.3) is 10.0 Å². The maximum atomic E-state index is 12.7. The highest BCUT2D eigenvalue weighted by molar-refractivity contribution is 7.91. The normalized spacial score (nSPS) is 17.4. The lowest BCUT2D eigenvalue weighted by Crippen LogP contribution is -2.47. The van der Waals surface area contributed by atoms with E-state index in [0.717, 1.165) is 12.0 Å². The van der Waals surface area contributed by atoms with Crippen LogP contribution < -0.4 is 10.6 Å². The SMILES string of the molecule is O=C(NCCc1ccccc1)C(=O)NC[C@H]1CCCN1S(=O)(=O)c1cccs1. The summed E-state index contributed by atoms with van der Waals surface area (Å²) in [6, 6.07) is 12.6. The Morgan fingerprint density at radius 3 is 2.54 bits per heavy atom. The molecule has 1 aliphatic rings. The lowest BCUT2D eigenvalue weighted by atomic mass is 10.1. The second-order valence-electron chi connectivity index (χ2n) is 6.55. The maximum absolute atomic E-state index is 12.7. The minimum Gasteiger partial charge on any atom is -0.348 e. The minimum atomic E-state index is -3.56. The van der Waals surface area contributed by atoms with E-state index in [2.05, 4.69) is 10.6 Å². The van der Waals surface area contributed by atoms with Crippen molar-refractivity contribution < 1.29 is 18.0 Å². The lowest BCUT2D eigenvalue weighted by Gasteiger charge is -2.23. The zero-order chi connectivity index (χ0) is 20.0. The highest BCUT2D eigenvalue weighted by Gasteiger charge is 2.36. The first-order chi connectivity index (χ1) is 13.5. The number of benzene rings is 1. The van der Waals surface area contributed by atoms with Crippen LogP contribution in [0.1, 0.15) is 18.4 Å². The molecule has 1 aliphatic heterocycles. The molecule has 0 aliphatic carbocycles. The summed E-state index contributed by atoms with van der Waals surface area (Å²) >= 11 is 1.17. The van der Waals surface area contributed by atoms with Crippen LogP contribution in [-0.4, -0.2) is 50.2 Å². The van der Waals surface area contributed by atoms with Crippen LogP contribution in [0, 0.1) is 0 Å². The highest BCUT2D eigenvalue weighted by atomic mass is 32.2. The summed E-state index contributed by atoms with van der Waals surface area (Å²) in [5.74, 6) is -1.45. The molecule has 1 fully saturated rings. The molecule has 28 heavy (non-hydrogen) atoms. The monoisotopic (exact) mass is 421 g/mol. The molecule has 2 aromatic rings. The van der Waals surface area contributed by atoms with Crippen LogP contribution in [-0.2, 0) is 26.0 Å². The van der Waals surface area contributed by atoms with Crippen molar-refractivity contribution in [2.24, 2.45) is 0 Å². The van der Waals surface area contributed by atoms with E-state index in [1.165, 1.54) is 15.6 Å². The Bertz CT molecular complexity index is 899. The Morgan fingerprint density at radius 2 is 1.82 bits per heavy atom. The van der Waals surface area contributed by atoms with E-state index in [-0.39, 0.29) is 12.6 Å². The van der Waals surface area contributed by atoms with Crippen molar-refractivity contribution >= 4 is 33.2 Å². The minimum absolute atomic E-state index is 0.121. The van der Waals surface area contributed by atoms with Gasteiger partial charge in [-0.15, -0.1) is 11.3 Å². The number of hydrogen-bond acceptors (Lipinski definition) is 5. The predicted molar refractivity (Wildman–Crippen MR) is 107 cm³/mol. The quantitative estimate of drug-likeness (QED) is 0.660. The number of carbonyl (C=O) groups excluding carboxylic acids is 2. The molecule has 3 rings (SSSR count). The van der Waals surface area contributed by atoms with Gasteiger partial charge in [-0.1, -0.05) is 36.4 Å². The number of hydrogen-bond donors (Lipinski definition) is 2. The third-order valence-electron chi connectivity index (χ3n) is 4.63. The van der Waals surface area contributed by atoms with Crippen LogP contribution in [0.4, 0.5) is 0 Å². The van der Waals surface area contributed by atoms with E-state index >= 15 is 0 Å². The van der Waals surface area contributed by atoms with Crippen LogP contribution in [0.3, 0.4) is 0 Å². The maximum Gasteiger partial charge on any atom is 0.309 e. The van der Waals surface area contributed by atoms with Gasteiger partial charge in [-0.3, -0.25) is 9.59 Å². The summed E-state index contributed by atoms with van der Waals surface area (Å²) in [7, 11) is -3.56. The van der Waals surface area contributed by atoms with Gasteiger partial charge in [0, 0.05) is 25.7 Å². The lowest BCUT2D eigenvalue weighted by molar-refractivity contribution is -0.139. The van der Waals surface area contributed by atoms with E-state index < -0.39 is 21.8 Å². The van der Waals surface area contributed by atoms with Crippen molar-refractivity contribution in [3.05, 3.63) is 53.4 Å². The molecule has 0 saturated carbocycles. The molecule has 0 bridgehead atoms. The summed E-state index contributed by atoms with van der Waals surface area (Å²) in [4.78, 5) is 24.0. The van der Waals surface area contributed by atoms with Gasteiger partial charge in [0.15, 0.2) is 0 Å². The zero-order valence-corrected chi connectivity index (χ0v) is 17.0. The summed E-state index contributed by atoms with van der Waals surface area (Å²) in [5, 5.41) is 6.88. The average Bonchev–Trinajstić information content (AvgIpc) is 3.39. The van der Waals surface area contributed by atoms with Crippen LogP contribution in [0.2, 0.25) is 0 Å². The van der Waals surface area contributed by atoms with E-state index in [1.807, 2.05) is 30.3 Å². The number of rotatable bonds is 7. The highest BCUT2D eigenvalue weighted by Crippen LogP contribution is 2.28. The van der Waals surface area contributed by atoms with Gasteiger partial charge in [0.05, 0.1) is 0 Å². The fourth-order valence-corrected chi connectivity index (χ4v) is 6.00. The predicted octanol–water partition coefficient (Wildman–Crippen LogP) is 1.38. The Labute approximate surface area is 168 Å². The largest absolute Gasteiger partial charge is 0.348 e. The fraction of sp³-hybridized carbons (Fsp3) is 0.368. The summed E-state index contributed by atoms with van der Waals surface area (Å²) in [5.41, 5.74) is 1.07. The average molecular weight is 422 g/mol. The molecule has 0 radical (unpaired) electrons. The van der Waals surface area contributed by atoms with Crippen molar-refractivity contribution in [3.63, 3.8) is 0 Å². The summed E-state index contributed by atoms with van der Waals surface area (Å²) in [6.45, 7) is 0.901. The van der Waals surface area contributed by atoms with E-state index in [4.69, 9.17) is 0 Å². The number of amides is 2. The van der Waals surface area contributed by atoms with E-state index in [9.17, 15) is 18.0 Å². The van der Waals surface area contributed by atoms with Gasteiger partial charge < -0.3 is 10.6 Å². The molecule has 0 unspecified atom stereocenters. The number of nitrogens with zero attached hydrogens (tertiary/aromatic N) is 1. The summed E-state index contributed by atoms with van der Waals surface area (Å²) < 4.78 is 27.1. The van der Waals surface area contributed by atoms with Gasteiger partial charge in [-0.05, 0) is 36.3 Å². The number of carbonyl (C=O) groups is 2. The Balaban J connectivity index is 1.47. The molecule has 0 spiro atoms. The smallest absolute Gasteiger partial charge is 0.309 e. The van der Waals surface area contributed by atoms with Crippen LogP contribution in [0.15, 0.2) is 52.1 Å². The molecule has 2 amide bonds. The topological polar surface area (TPSA) is 95.6 Å². The fourth-order valence-electron chi connectivity index (χ4n) is 3.19. The van der Waals surface area contributed by atoms with Gasteiger partial charge in [-0.2, -0.15) is 4.31 Å². The van der Waals surface area contributed by atoms with E-state index in [0.29, 0.717) is 30.1 Å². The van der Waals surface area contributed by atoms with E-state index in [1.54, 1.807) is 17.5 Å². The molecular formula is C19H23N3O4S2. The molecule has 1 atom stereocenters. The van der Waals surface area contributed by atoms with Crippen LogP contribution in [0.5, 0.6) is 0 Å². The first-order valence-corrected chi connectivity index (χ1v) is 11.5.